The first-order valence-corrected chi connectivity index (χ1v) is 5.72. The van der Waals surface area contributed by atoms with Gasteiger partial charge in [0.2, 0.25) is 0 Å². The van der Waals surface area contributed by atoms with E-state index in [1.807, 2.05) is 6.92 Å². The fourth-order valence-electron chi connectivity index (χ4n) is 1.69. The molecule has 0 fully saturated rings. The van der Waals surface area contributed by atoms with E-state index in [4.69, 9.17) is 5.73 Å². The van der Waals surface area contributed by atoms with Crippen molar-refractivity contribution in [2.45, 2.75) is 31.9 Å². The number of hydrogen-bond acceptors (Lipinski definition) is 4. The number of methoxy groups -OCH3 is 1. The number of carbonyl (C=O) groups is 1. The van der Waals surface area contributed by atoms with Crippen LogP contribution >= 0.6 is 0 Å². The fourth-order valence-corrected chi connectivity index (χ4v) is 1.69. The number of aliphatic hydroxyl groups is 1. The highest BCUT2D eigenvalue weighted by Crippen LogP contribution is 2.19. The van der Waals surface area contributed by atoms with E-state index < -0.39 is 18.1 Å². The lowest BCUT2D eigenvalue weighted by molar-refractivity contribution is 0.0600. The highest BCUT2D eigenvalue weighted by atomic mass is 16.5. The molecule has 2 atom stereocenters. The third-order valence-electron chi connectivity index (χ3n) is 2.69. The molecule has 0 unspecified atom stereocenters. The Kier molecular flexibility index (Phi) is 5.12. The number of esters is 1. The maximum Gasteiger partial charge on any atom is 0.337 e. The summed E-state index contributed by atoms with van der Waals surface area (Å²) in [5.41, 5.74) is 7.13. The van der Waals surface area contributed by atoms with Crippen LogP contribution in [0.2, 0.25) is 0 Å². The molecule has 4 heteroatoms. The van der Waals surface area contributed by atoms with E-state index in [1.54, 1.807) is 24.3 Å². The van der Waals surface area contributed by atoms with E-state index in [9.17, 15) is 9.90 Å². The minimum absolute atomic E-state index is 0.399. The molecule has 3 N–H and O–H groups in total. The van der Waals surface area contributed by atoms with Crippen LogP contribution in [0.4, 0.5) is 0 Å². The van der Waals surface area contributed by atoms with Crippen molar-refractivity contribution >= 4 is 5.97 Å². The van der Waals surface area contributed by atoms with Gasteiger partial charge in [0.15, 0.2) is 0 Å². The van der Waals surface area contributed by atoms with Crippen LogP contribution < -0.4 is 5.73 Å². The van der Waals surface area contributed by atoms with Gasteiger partial charge in [-0.2, -0.15) is 0 Å². The first-order chi connectivity index (χ1) is 8.10. The smallest absolute Gasteiger partial charge is 0.337 e. The van der Waals surface area contributed by atoms with Crippen LogP contribution in [-0.2, 0) is 4.74 Å². The number of benzene rings is 1. The van der Waals surface area contributed by atoms with Gasteiger partial charge in [-0.15, -0.1) is 0 Å². The average Bonchev–Trinajstić information content (AvgIpc) is 2.37. The van der Waals surface area contributed by atoms with Gasteiger partial charge in [-0.25, -0.2) is 4.79 Å². The molecule has 1 aromatic carbocycles. The van der Waals surface area contributed by atoms with Crippen molar-refractivity contribution in [1.29, 1.82) is 0 Å². The minimum atomic E-state index is -0.590. The highest BCUT2D eigenvalue weighted by Gasteiger charge is 2.17. The Bertz CT molecular complexity index is 379. The maximum absolute atomic E-state index is 11.4. The van der Waals surface area contributed by atoms with Gasteiger partial charge in [0.1, 0.15) is 0 Å². The van der Waals surface area contributed by atoms with E-state index >= 15 is 0 Å². The van der Waals surface area contributed by atoms with Crippen molar-refractivity contribution in [3.63, 3.8) is 0 Å². The summed E-state index contributed by atoms with van der Waals surface area (Å²) in [7, 11) is 1.33. The summed E-state index contributed by atoms with van der Waals surface area (Å²) in [6.45, 7) is 1.99. The zero-order valence-corrected chi connectivity index (χ0v) is 10.2. The number of rotatable bonds is 5. The van der Waals surface area contributed by atoms with Gasteiger partial charge in [-0.05, 0) is 24.1 Å². The third kappa shape index (κ3) is 3.54. The summed E-state index contributed by atoms with van der Waals surface area (Å²) >= 11 is 0. The molecule has 94 valence electrons. The lowest BCUT2D eigenvalue weighted by Gasteiger charge is -2.19. The van der Waals surface area contributed by atoms with Gasteiger partial charge in [-0.3, -0.25) is 0 Å². The zero-order chi connectivity index (χ0) is 12.8. The third-order valence-corrected chi connectivity index (χ3v) is 2.69. The average molecular weight is 237 g/mol. The molecule has 0 aliphatic heterocycles. The molecule has 4 nitrogen and oxygen atoms in total. The van der Waals surface area contributed by atoms with Crippen LogP contribution in [-0.4, -0.2) is 24.3 Å². The van der Waals surface area contributed by atoms with Crippen molar-refractivity contribution in [1.82, 2.24) is 0 Å². The summed E-state index contributed by atoms with van der Waals surface area (Å²) in [6, 6.07) is 6.39. The molecule has 0 aliphatic rings. The number of hydrogen-bond donors (Lipinski definition) is 2. The SMILES string of the molecule is CCC[C@@H](O)[C@@H](N)c1cccc(C(=O)OC)c1. The van der Waals surface area contributed by atoms with E-state index in [1.165, 1.54) is 7.11 Å². The van der Waals surface area contributed by atoms with Crippen LogP contribution in [0.5, 0.6) is 0 Å². The zero-order valence-electron chi connectivity index (χ0n) is 10.2. The molecule has 17 heavy (non-hydrogen) atoms. The van der Waals surface area contributed by atoms with Crippen LogP contribution in [0.25, 0.3) is 0 Å². The topological polar surface area (TPSA) is 72.5 Å². The molecule has 0 heterocycles. The highest BCUT2D eigenvalue weighted by molar-refractivity contribution is 5.89. The lowest BCUT2D eigenvalue weighted by atomic mass is 9.97. The molecule has 0 bridgehead atoms. The summed E-state index contributed by atoms with van der Waals surface area (Å²) in [5, 5.41) is 9.82. The second kappa shape index (κ2) is 6.37. The minimum Gasteiger partial charge on any atom is -0.465 e. The van der Waals surface area contributed by atoms with Gasteiger partial charge in [0.25, 0.3) is 0 Å². The first-order valence-electron chi connectivity index (χ1n) is 5.72. The van der Waals surface area contributed by atoms with Crippen molar-refractivity contribution in [2.24, 2.45) is 5.73 Å². The Morgan fingerprint density at radius 2 is 2.24 bits per heavy atom. The molecule has 1 aromatic rings. The van der Waals surface area contributed by atoms with Crippen LogP contribution in [0.1, 0.15) is 41.7 Å². The molecular formula is C13H19NO3. The fraction of sp³-hybridized carbons (Fsp3) is 0.462. The molecule has 0 saturated carbocycles. The molecular weight excluding hydrogens is 218 g/mol. The van der Waals surface area contributed by atoms with Crippen LogP contribution in [0, 0.1) is 0 Å². The predicted molar refractivity (Wildman–Crippen MR) is 65.6 cm³/mol. The monoisotopic (exact) mass is 237 g/mol. The maximum atomic E-state index is 11.4. The largest absolute Gasteiger partial charge is 0.465 e. The van der Waals surface area contributed by atoms with Gasteiger partial charge >= 0.3 is 5.97 Å². The van der Waals surface area contributed by atoms with Gasteiger partial charge in [-0.1, -0.05) is 25.5 Å². The van der Waals surface area contributed by atoms with Crippen molar-refractivity contribution in [2.75, 3.05) is 7.11 Å². The lowest BCUT2D eigenvalue weighted by Crippen LogP contribution is -2.26. The second-order valence-electron chi connectivity index (χ2n) is 4.00. The Hall–Kier alpha value is -1.39. The number of carbonyl (C=O) groups excluding carboxylic acids is 1. The summed E-state index contributed by atoms with van der Waals surface area (Å²) in [5.74, 6) is -0.399. The first kappa shape index (κ1) is 13.7. The van der Waals surface area contributed by atoms with Gasteiger partial charge in [0.05, 0.1) is 24.8 Å². The molecule has 0 spiro atoms. The number of nitrogens with two attached hydrogens (primary N) is 1. The molecule has 0 aliphatic carbocycles. The Morgan fingerprint density at radius 1 is 1.53 bits per heavy atom. The summed E-state index contributed by atoms with van der Waals surface area (Å²) in [4.78, 5) is 11.4. The normalized spacial score (nSPS) is 14.1. The van der Waals surface area contributed by atoms with Gasteiger partial charge in [0, 0.05) is 0 Å². The Balaban J connectivity index is 2.87. The predicted octanol–water partition coefficient (Wildman–Crippen LogP) is 1.63. The van der Waals surface area contributed by atoms with E-state index in [0.29, 0.717) is 12.0 Å². The van der Waals surface area contributed by atoms with Crippen molar-refractivity contribution in [3.05, 3.63) is 35.4 Å². The molecule has 1 rings (SSSR count). The van der Waals surface area contributed by atoms with Crippen molar-refractivity contribution in [3.8, 4) is 0 Å². The Morgan fingerprint density at radius 3 is 2.82 bits per heavy atom. The van der Waals surface area contributed by atoms with Crippen LogP contribution in [0.3, 0.4) is 0 Å². The molecule has 0 saturated heterocycles. The number of aliphatic hydroxyl groups excluding tert-OH is 1. The summed E-state index contributed by atoms with van der Waals surface area (Å²) < 4.78 is 4.64. The molecule has 0 aromatic heterocycles. The molecule has 0 radical (unpaired) electrons. The van der Waals surface area contributed by atoms with E-state index in [2.05, 4.69) is 4.74 Å². The molecule has 0 amide bonds. The number of ether oxygens (including phenoxy) is 1. The van der Waals surface area contributed by atoms with Gasteiger partial charge < -0.3 is 15.6 Å². The van der Waals surface area contributed by atoms with E-state index in [0.717, 1.165) is 12.0 Å². The quantitative estimate of drug-likeness (QED) is 0.763. The Labute approximate surface area is 101 Å². The van der Waals surface area contributed by atoms with Crippen molar-refractivity contribution < 1.29 is 14.6 Å². The second-order valence-corrected chi connectivity index (χ2v) is 4.00. The summed E-state index contributed by atoms with van der Waals surface area (Å²) in [6.07, 6.45) is 0.919. The van der Waals surface area contributed by atoms with Crippen LogP contribution in [0.15, 0.2) is 24.3 Å². The standard InChI is InChI=1S/C13H19NO3/c1-3-5-11(15)12(14)9-6-4-7-10(8-9)13(16)17-2/h4,6-8,11-12,15H,3,5,14H2,1-2H3/t11-,12+/m1/s1. The van der Waals surface area contributed by atoms with E-state index in [-0.39, 0.29) is 0 Å².